The number of aliphatic hydroxyl groups is 1. The Morgan fingerprint density at radius 2 is 1.93 bits per heavy atom. The highest BCUT2D eigenvalue weighted by Gasteiger charge is 2.27. The molecular formula is C19H23N5O3S. The van der Waals surface area contributed by atoms with Crippen molar-refractivity contribution in [3.8, 4) is 6.07 Å². The monoisotopic (exact) mass is 401 g/mol. The maximum absolute atomic E-state index is 12.0. The first-order chi connectivity index (χ1) is 13.4. The Kier molecular flexibility index (Phi) is 6.11. The van der Waals surface area contributed by atoms with Crippen molar-refractivity contribution in [1.82, 2.24) is 9.97 Å². The molecule has 1 aliphatic heterocycles. The summed E-state index contributed by atoms with van der Waals surface area (Å²) in [4.78, 5) is 10.1. The van der Waals surface area contributed by atoms with Crippen LogP contribution in [-0.4, -0.2) is 56.0 Å². The number of piperidine rings is 1. The number of hydrogen-bond donors (Lipinski definition) is 2. The van der Waals surface area contributed by atoms with Crippen molar-refractivity contribution in [2.24, 2.45) is 0 Å². The van der Waals surface area contributed by atoms with Crippen LogP contribution < -0.4 is 10.2 Å². The molecule has 0 radical (unpaired) electrons. The molecule has 1 aliphatic rings. The molecule has 3 rings (SSSR count). The van der Waals surface area contributed by atoms with E-state index in [-0.39, 0.29) is 29.7 Å². The molecule has 1 fully saturated rings. The van der Waals surface area contributed by atoms with Gasteiger partial charge >= 0.3 is 0 Å². The van der Waals surface area contributed by atoms with E-state index in [0.717, 1.165) is 19.1 Å². The summed E-state index contributed by atoms with van der Waals surface area (Å²) < 4.78 is 24.1. The summed E-state index contributed by atoms with van der Waals surface area (Å²) in [5, 5.41) is 21.2. The van der Waals surface area contributed by atoms with Crippen LogP contribution >= 0.6 is 0 Å². The molecule has 0 unspecified atom stereocenters. The Labute approximate surface area is 164 Å². The van der Waals surface area contributed by atoms with Crippen LogP contribution in [0.5, 0.6) is 0 Å². The second kappa shape index (κ2) is 8.54. The van der Waals surface area contributed by atoms with Crippen LogP contribution in [-0.2, 0) is 9.84 Å². The lowest BCUT2D eigenvalue weighted by Crippen LogP contribution is -2.34. The second-order valence-electron chi connectivity index (χ2n) is 6.76. The standard InChI is InChI=1S/C19H23N5O3S/c1-28(26,27)19-22-17(21-9-12-25)16(13-20)18(23-19)24-10-7-15(8-11-24)14-5-3-2-4-6-14/h2-6,15,25H,7-12H2,1H3,(H,21,22,23). The maximum Gasteiger partial charge on any atom is 0.250 e. The molecule has 2 N–H and O–H groups in total. The minimum atomic E-state index is -3.65. The highest BCUT2D eigenvalue weighted by molar-refractivity contribution is 7.90. The molecule has 0 atom stereocenters. The van der Waals surface area contributed by atoms with E-state index >= 15 is 0 Å². The Morgan fingerprint density at radius 1 is 1.25 bits per heavy atom. The van der Waals surface area contributed by atoms with Crippen LogP contribution in [0.15, 0.2) is 35.5 Å². The normalized spacial score (nSPS) is 15.2. The number of benzene rings is 1. The summed E-state index contributed by atoms with van der Waals surface area (Å²) in [5.74, 6) is 0.878. The van der Waals surface area contributed by atoms with Gasteiger partial charge in [-0.25, -0.2) is 8.42 Å². The van der Waals surface area contributed by atoms with Gasteiger partial charge in [-0.05, 0) is 24.3 Å². The van der Waals surface area contributed by atoms with Gasteiger partial charge in [0.15, 0.2) is 11.6 Å². The van der Waals surface area contributed by atoms with Crippen molar-refractivity contribution in [2.45, 2.75) is 23.9 Å². The van der Waals surface area contributed by atoms with Crippen LogP contribution in [0.3, 0.4) is 0 Å². The van der Waals surface area contributed by atoms with Crippen LogP contribution in [0.25, 0.3) is 0 Å². The Balaban J connectivity index is 1.91. The quantitative estimate of drug-likeness (QED) is 0.700. The van der Waals surface area contributed by atoms with Crippen molar-refractivity contribution < 1.29 is 13.5 Å². The third kappa shape index (κ3) is 4.40. The lowest BCUT2D eigenvalue weighted by molar-refractivity contribution is 0.311. The molecule has 2 aromatic rings. The number of anilines is 2. The van der Waals surface area contributed by atoms with Gasteiger partial charge < -0.3 is 15.3 Å². The molecule has 8 nitrogen and oxygen atoms in total. The molecule has 0 amide bonds. The molecule has 148 valence electrons. The fourth-order valence-corrected chi connectivity index (χ4v) is 3.89. The fourth-order valence-electron chi connectivity index (χ4n) is 3.38. The number of aliphatic hydroxyl groups excluding tert-OH is 1. The molecular weight excluding hydrogens is 378 g/mol. The number of sulfone groups is 1. The van der Waals surface area contributed by atoms with Crippen molar-refractivity contribution in [3.63, 3.8) is 0 Å². The molecule has 9 heteroatoms. The van der Waals surface area contributed by atoms with E-state index in [9.17, 15) is 13.7 Å². The highest BCUT2D eigenvalue weighted by atomic mass is 32.2. The second-order valence-corrected chi connectivity index (χ2v) is 8.67. The van der Waals surface area contributed by atoms with E-state index in [2.05, 4.69) is 33.5 Å². The fraction of sp³-hybridized carbons (Fsp3) is 0.421. The minimum Gasteiger partial charge on any atom is -0.395 e. The Hall–Kier alpha value is -2.70. The van der Waals surface area contributed by atoms with Crippen molar-refractivity contribution in [2.75, 3.05) is 42.7 Å². The van der Waals surface area contributed by atoms with E-state index < -0.39 is 9.84 Å². The number of nitriles is 1. The SMILES string of the molecule is CS(=O)(=O)c1nc(NCCO)c(C#N)c(N2CCC(c3ccccc3)CC2)n1. The molecule has 28 heavy (non-hydrogen) atoms. The predicted molar refractivity (Wildman–Crippen MR) is 106 cm³/mol. The lowest BCUT2D eigenvalue weighted by Gasteiger charge is -2.33. The summed E-state index contributed by atoms with van der Waals surface area (Å²) in [6.07, 6.45) is 2.80. The first-order valence-electron chi connectivity index (χ1n) is 9.11. The number of nitrogens with one attached hydrogen (secondary N) is 1. The van der Waals surface area contributed by atoms with Gasteiger partial charge in [0.1, 0.15) is 11.6 Å². The molecule has 1 aromatic heterocycles. The van der Waals surface area contributed by atoms with E-state index in [4.69, 9.17) is 5.11 Å². The summed E-state index contributed by atoms with van der Waals surface area (Å²) in [6, 6.07) is 12.4. The predicted octanol–water partition coefficient (Wildman–Crippen LogP) is 1.54. The van der Waals surface area contributed by atoms with E-state index in [1.54, 1.807) is 0 Å². The van der Waals surface area contributed by atoms with Gasteiger partial charge in [-0.2, -0.15) is 15.2 Å². The summed E-state index contributed by atoms with van der Waals surface area (Å²) in [6.45, 7) is 1.31. The van der Waals surface area contributed by atoms with Gasteiger partial charge in [0.25, 0.3) is 5.16 Å². The van der Waals surface area contributed by atoms with Gasteiger partial charge in [0.2, 0.25) is 9.84 Å². The van der Waals surface area contributed by atoms with Crippen LogP contribution in [0.2, 0.25) is 0 Å². The molecule has 1 saturated heterocycles. The third-order valence-corrected chi connectivity index (χ3v) is 5.63. The van der Waals surface area contributed by atoms with Gasteiger partial charge in [-0.1, -0.05) is 30.3 Å². The number of aromatic nitrogens is 2. The average Bonchev–Trinajstić information content (AvgIpc) is 2.71. The van der Waals surface area contributed by atoms with Crippen LogP contribution in [0.1, 0.15) is 29.9 Å². The summed E-state index contributed by atoms with van der Waals surface area (Å²) in [7, 11) is -3.65. The molecule has 0 spiro atoms. The van der Waals surface area contributed by atoms with Gasteiger partial charge in [-0.15, -0.1) is 0 Å². The summed E-state index contributed by atoms with van der Waals surface area (Å²) >= 11 is 0. The number of hydrogen-bond acceptors (Lipinski definition) is 8. The van der Waals surface area contributed by atoms with Crippen LogP contribution in [0, 0.1) is 11.3 Å². The highest BCUT2D eigenvalue weighted by Crippen LogP contribution is 2.32. The van der Waals surface area contributed by atoms with Crippen LogP contribution in [0.4, 0.5) is 11.6 Å². The lowest BCUT2D eigenvalue weighted by atomic mass is 9.89. The van der Waals surface area contributed by atoms with Gasteiger partial charge in [-0.3, -0.25) is 0 Å². The number of rotatable bonds is 6. The minimum absolute atomic E-state index is 0.132. The summed E-state index contributed by atoms with van der Waals surface area (Å²) in [5.41, 5.74) is 1.48. The Morgan fingerprint density at radius 3 is 2.50 bits per heavy atom. The Bertz CT molecular complexity index is 965. The van der Waals surface area contributed by atoms with Gasteiger partial charge in [0.05, 0.1) is 6.61 Å². The largest absolute Gasteiger partial charge is 0.395 e. The smallest absolute Gasteiger partial charge is 0.250 e. The topological polar surface area (TPSA) is 119 Å². The number of nitrogens with zero attached hydrogens (tertiary/aromatic N) is 4. The van der Waals surface area contributed by atoms with E-state index in [0.29, 0.717) is 24.8 Å². The van der Waals surface area contributed by atoms with E-state index in [1.165, 1.54) is 5.56 Å². The molecule has 1 aromatic carbocycles. The zero-order chi connectivity index (χ0) is 20.1. The van der Waals surface area contributed by atoms with Gasteiger partial charge in [0, 0.05) is 25.9 Å². The zero-order valence-corrected chi connectivity index (χ0v) is 16.5. The molecule has 0 aliphatic carbocycles. The molecule has 2 heterocycles. The first kappa shape index (κ1) is 20.0. The zero-order valence-electron chi connectivity index (χ0n) is 15.7. The average molecular weight is 401 g/mol. The van der Waals surface area contributed by atoms with Crippen molar-refractivity contribution in [3.05, 3.63) is 41.5 Å². The first-order valence-corrected chi connectivity index (χ1v) is 11.0. The van der Waals surface area contributed by atoms with E-state index in [1.807, 2.05) is 23.1 Å². The van der Waals surface area contributed by atoms with Crippen molar-refractivity contribution >= 4 is 21.5 Å². The maximum atomic E-state index is 12.0. The molecule has 0 bridgehead atoms. The molecule has 0 saturated carbocycles. The third-order valence-electron chi connectivity index (χ3n) is 4.78. The van der Waals surface area contributed by atoms with Crippen molar-refractivity contribution in [1.29, 1.82) is 5.26 Å².